The Morgan fingerprint density at radius 2 is 1.65 bits per heavy atom. The van der Waals surface area contributed by atoms with Gasteiger partial charge in [0, 0.05) is 28.8 Å². The van der Waals surface area contributed by atoms with Gasteiger partial charge in [0.1, 0.15) is 0 Å². The van der Waals surface area contributed by atoms with Gasteiger partial charge in [-0.25, -0.2) is 0 Å². The van der Waals surface area contributed by atoms with Gasteiger partial charge < -0.3 is 22.2 Å². The van der Waals surface area contributed by atoms with Crippen LogP contribution in [0.25, 0.3) is 10.9 Å². The first-order chi connectivity index (χ1) is 17.9. The van der Waals surface area contributed by atoms with E-state index in [0.717, 1.165) is 24.1 Å². The predicted molar refractivity (Wildman–Crippen MR) is 158 cm³/mol. The Kier molecular flexibility index (Phi) is 10.7. The van der Waals surface area contributed by atoms with Gasteiger partial charge in [-0.3, -0.25) is 4.90 Å². The normalized spacial score (nSPS) is 15.0. The van der Waals surface area contributed by atoms with Crippen LogP contribution < -0.4 is 17.2 Å². The second-order valence-electron chi connectivity index (χ2n) is 9.50. The summed E-state index contributed by atoms with van der Waals surface area (Å²) in [5.74, 6) is 0. The van der Waals surface area contributed by atoms with Gasteiger partial charge in [0.05, 0.1) is 6.17 Å². The molecule has 1 aromatic heterocycles. The number of para-hydroxylation sites is 1. The predicted octanol–water partition coefficient (Wildman–Crippen LogP) is 5.64. The summed E-state index contributed by atoms with van der Waals surface area (Å²) in [5, 5.41) is 1.30. The van der Waals surface area contributed by atoms with Crippen LogP contribution in [-0.4, -0.2) is 29.5 Å². The Balaban J connectivity index is 0.000000161. The van der Waals surface area contributed by atoms with Gasteiger partial charge in [-0.05, 0) is 67.6 Å². The number of H-pyrrole nitrogens is 1. The van der Waals surface area contributed by atoms with E-state index < -0.39 is 0 Å². The maximum Gasteiger partial charge on any atom is 0.0784 e. The minimum absolute atomic E-state index is 0.384. The first kappa shape index (κ1) is 27.9. The van der Waals surface area contributed by atoms with Crippen molar-refractivity contribution in [2.24, 2.45) is 17.2 Å². The molecule has 37 heavy (non-hydrogen) atoms. The fourth-order valence-electron chi connectivity index (χ4n) is 4.52. The van der Waals surface area contributed by atoms with E-state index in [1.54, 1.807) is 0 Å². The van der Waals surface area contributed by atoms with Crippen molar-refractivity contribution in [3.63, 3.8) is 0 Å². The lowest BCUT2D eigenvalue weighted by Gasteiger charge is -2.18. The maximum absolute atomic E-state index is 5.59. The summed E-state index contributed by atoms with van der Waals surface area (Å²) in [6.07, 6.45) is 7.92. The number of allylic oxidation sites excluding steroid dienone is 1. The number of hydrogen-bond acceptors (Lipinski definition) is 4. The molecule has 1 atom stereocenters. The zero-order chi connectivity index (χ0) is 26.6. The molecule has 4 aromatic rings. The Labute approximate surface area is 221 Å². The number of nitrogens with zero attached hydrogens (tertiary/aromatic N) is 1. The van der Waals surface area contributed by atoms with Crippen molar-refractivity contribution in [3.8, 4) is 0 Å². The number of hydrogen-bond donors (Lipinski definition) is 4. The Morgan fingerprint density at radius 3 is 2.22 bits per heavy atom. The van der Waals surface area contributed by atoms with Gasteiger partial charge in [0.2, 0.25) is 0 Å². The molecule has 1 unspecified atom stereocenters. The third kappa shape index (κ3) is 8.46. The zero-order valence-corrected chi connectivity index (χ0v) is 21.9. The average Bonchev–Trinajstić information content (AvgIpc) is 3.52. The first-order valence-corrected chi connectivity index (χ1v) is 12.8. The van der Waals surface area contributed by atoms with Crippen LogP contribution >= 0.6 is 0 Å². The summed E-state index contributed by atoms with van der Waals surface area (Å²) in [4.78, 5) is 5.48. The van der Waals surface area contributed by atoms with Crippen molar-refractivity contribution >= 4 is 10.9 Å². The highest BCUT2D eigenvalue weighted by atomic mass is 15.2. The second-order valence-corrected chi connectivity index (χ2v) is 9.50. The lowest BCUT2D eigenvalue weighted by molar-refractivity contribution is 0.343. The van der Waals surface area contributed by atoms with Crippen molar-refractivity contribution in [1.82, 2.24) is 9.88 Å². The van der Waals surface area contributed by atoms with E-state index >= 15 is 0 Å². The minimum Gasteiger partial charge on any atom is -0.401 e. The number of likely N-dealkylation sites (tertiary alicyclic amines) is 1. The average molecular weight is 496 g/mol. The summed E-state index contributed by atoms with van der Waals surface area (Å²) in [6.45, 7) is 8.62. The summed E-state index contributed by atoms with van der Waals surface area (Å²) < 4.78 is 0. The van der Waals surface area contributed by atoms with E-state index in [4.69, 9.17) is 17.2 Å². The SMILES string of the molecule is C=C(N)C1CCCN1C.C=CCc1c[nH]c2ccccc12.NC(N)c1ccc(Cc2ccccc2)cc1. The molecule has 194 valence electrons. The number of likely N-dealkylation sites (N-methyl/N-ethyl adjacent to an activating group) is 1. The van der Waals surface area contributed by atoms with Crippen LogP contribution in [0.1, 0.15) is 41.3 Å². The van der Waals surface area contributed by atoms with E-state index in [9.17, 15) is 0 Å². The van der Waals surface area contributed by atoms with Crippen molar-refractivity contribution in [2.45, 2.75) is 37.9 Å². The molecular weight excluding hydrogens is 454 g/mol. The quantitative estimate of drug-likeness (QED) is 0.205. The van der Waals surface area contributed by atoms with Crippen LogP contribution in [0.3, 0.4) is 0 Å². The molecule has 0 saturated carbocycles. The van der Waals surface area contributed by atoms with Crippen LogP contribution in [0.2, 0.25) is 0 Å². The highest BCUT2D eigenvalue weighted by molar-refractivity contribution is 5.83. The molecule has 1 saturated heterocycles. The smallest absolute Gasteiger partial charge is 0.0784 e. The van der Waals surface area contributed by atoms with Crippen molar-refractivity contribution in [3.05, 3.63) is 132 Å². The van der Waals surface area contributed by atoms with E-state index in [1.165, 1.54) is 47.0 Å². The minimum atomic E-state index is -0.384. The van der Waals surface area contributed by atoms with Crippen molar-refractivity contribution in [1.29, 1.82) is 0 Å². The van der Waals surface area contributed by atoms with E-state index in [2.05, 4.69) is 84.7 Å². The van der Waals surface area contributed by atoms with Crippen molar-refractivity contribution < 1.29 is 0 Å². The molecule has 0 bridgehead atoms. The molecule has 5 heteroatoms. The summed E-state index contributed by atoms with van der Waals surface area (Å²) in [7, 11) is 2.09. The standard InChI is InChI=1S/C14H16N2.C11H11N.C7H14N2/c15-14(16)13-8-6-12(7-9-13)10-11-4-2-1-3-5-11;1-2-5-9-8-12-11-7-4-3-6-10(9)11;1-6(8)7-4-3-5-9(7)2/h1-9,14H,10,15-16H2;2-4,6-8,12H,1,5H2;7H,1,3-5,8H2,2H3. The summed E-state index contributed by atoms with van der Waals surface area (Å²) in [5.41, 5.74) is 23.6. The number of aromatic amines is 1. The van der Waals surface area contributed by atoms with Crippen LogP contribution in [0.5, 0.6) is 0 Å². The van der Waals surface area contributed by atoms with Crippen LogP contribution in [0.15, 0.2) is 110 Å². The highest BCUT2D eigenvalue weighted by Gasteiger charge is 2.21. The maximum atomic E-state index is 5.59. The van der Waals surface area contributed by atoms with Gasteiger partial charge in [0.15, 0.2) is 0 Å². The molecule has 1 aliphatic rings. The molecule has 5 nitrogen and oxygen atoms in total. The molecule has 0 amide bonds. The van der Waals surface area contributed by atoms with E-state index in [0.29, 0.717) is 6.04 Å². The third-order valence-electron chi connectivity index (χ3n) is 6.60. The molecule has 7 N–H and O–H groups in total. The fourth-order valence-corrected chi connectivity index (χ4v) is 4.52. The number of rotatable bonds is 6. The van der Waals surface area contributed by atoms with Gasteiger partial charge >= 0.3 is 0 Å². The lowest BCUT2D eigenvalue weighted by atomic mass is 10.0. The number of aromatic nitrogens is 1. The third-order valence-corrected chi connectivity index (χ3v) is 6.60. The van der Waals surface area contributed by atoms with Crippen molar-refractivity contribution in [2.75, 3.05) is 13.6 Å². The number of fused-ring (bicyclic) bond motifs is 1. The first-order valence-electron chi connectivity index (χ1n) is 12.8. The Bertz CT molecular complexity index is 1240. The summed E-state index contributed by atoms with van der Waals surface area (Å²) in [6, 6.07) is 27.3. The molecular formula is C32H41N5. The topological polar surface area (TPSA) is 97.1 Å². The number of nitrogens with two attached hydrogens (primary N) is 3. The van der Waals surface area contributed by atoms with E-state index in [-0.39, 0.29) is 6.17 Å². The van der Waals surface area contributed by atoms with Gasteiger partial charge in [-0.2, -0.15) is 0 Å². The van der Waals surface area contributed by atoms with E-state index in [1.807, 2.05) is 36.5 Å². The largest absolute Gasteiger partial charge is 0.401 e. The Hall–Kier alpha value is -3.64. The highest BCUT2D eigenvalue weighted by Crippen LogP contribution is 2.18. The molecule has 3 aromatic carbocycles. The monoisotopic (exact) mass is 495 g/mol. The fraction of sp³-hybridized carbons (Fsp3) is 0.250. The number of benzene rings is 3. The summed E-state index contributed by atoms with van der Waals surface area (Å²) >= 11 is 0. The molecule has 5 rings (SSSR count). The van der Waals surface area contributed by atoms with Crippen LogP contribution in [-0.2, 0) is 12.8 Å². The lowest BCUT2D eigenvalue weighted by Crippen LogP contribution is -2.29. The molecule has 1 fully saturated rings. The Morgan fingerprint density at radius 1 is 1.00 bits per heavy atom. The van der Waals surface area contributed by atoms with Gasteiger partial charge in [0.25, 0.3) is 0 Å². The van der Waals surface area contributed by atoms with Gasteiger partial charge in [-0.15, -0.1) is 6.58 Å². The second kappa shape index (κ2) is 14.2. The van der Waals surface area contributed by atoms with Gasteiger partial charge in [-0.1, -0.05) is 85.5 Å². The molecule has 0 aliphatic carbocycles. The molecule has 0 radical (unpaired) electrons. The van der Waals surface area contributed by atoms with Crippen LogP contribution in [0.4, 0.5) is 0 Å². The molecule has 2 heterocycles. The molecule has 0 spiro atoms. The zero-order valence-electron chi connectivity index (χ0n) is 21.9. The molecule has 1 aliphatic heterocycles. The van der Waals surface area contributed by atoms with Crippen LogP contribution in [0, 0.1) is 0 Å². The number of nitrogens with one attached hydrogen (secondary N) is 1.